The number of aliphatic hydroxyl groups excluding tert-OH is 1. The molecule has 0 atom stereocenters. The Bertz CT molecular complexity index is 274. The Kier molecular flexibility index (Phi) is 3.07. The summed E-state index contributed by atoms with van der Waals surface area (Å²) in [6.07, 6.45) is 0.612. The molecule has 0 aromatic heterocycles. The molecule has 72 valence electrons. The number of hydrogen-bond acceptors (Lipinski definition) is 2. The van der Waals surface area contributed by atoms with Gasteiger partial charge in [-0.25, -0.2) is 0 Å². The third-order valence-electron chi connectivity index (χ3n) is 1.81. The van der Waals surface area contributed by atoms with Crippen LogP contribution in [0.1, 0.15) is 25.0 Å². The maximum absolute atomic E-state index is 9.57. The summed E-state index contributed by atoms with van der Waals surface area (Å²) in [5, 5.41) is 18.5. The molecule has 0 fully saturated rings. The summed E-state index contributed by atoms with van der Waals surface area (Å²) in [5.74, 6) is 0. The van der Waals surface area contributed by atoms with Crippen LogP contribution in [-0.4, -0.2) is 15.8 Å². The van der Waals surface area contributed by atoms with Gasteiger partial charge in [-0.2, -0.15) is 0 Å². The van der Waals surface area contributed by atoms with Crippen molar-refractivity contribution >= 4 is 0 Å². The van der Waals surface area contributed by atoms with E-state index < -0.39 is 5.60 Å². The van der Waals surface area contributed by atoms with E-state index in [4.69, 9.17) is 5.11 Å². The Labute approximate surface area is 78.8 Å². The van der Waals surface area contributed by atoms with Crippen molar-refractivity contribution in [1.82, 2.24) is 0 Å². The largest absolute Gasteiger partial charge is 0.392 e. The standard InChI is InChI=1S/C11H16O2/c1-11(2,13)7-9-4-3-5-10(6-9)8-12/h3-6,12-13H,7-8H2,1-2H3. The molecule has 1 aromatic rings. The van der Waals surface area contributed by atoms with E-state index >= 15 is 0 Å². The average Bonchev–Trinajstić information content (AvgIpc) is 2.01. The van der Waals surface area contributed by atoms with Gasteiger partial charge in [0.05, 0.1) is 12.2 Å². The van der Waals surface area contributed by atoms with Crippen LogP contribution in [0.5, 0.6) is 0 Å². The molecule has 1 aromatic carbocycles. The maximum Gasteiger partial charge on any atom is 0.0681 e. The Balaban J connectivity index is 2.78. The van der Waals surface area contributed by atoms with Gasteiger partial charge in [-0.15, -0.1) is 0 Å². The lowest BCUT2D eigenvalue weighted by atomic mass is 9.97. The Morgan fingerprint density at radius 2 is 1.85 bits per heavy atom. The second-order valence-corrected chi connectivity index (χ2v) is 3.97. The molecule has 0 spiro atoms. The highest BCUT2D eigenvalue weighted by molar-refractivity contribution is 5.23. The van der Waals surface area contributed by atoms with Crippen molar-refractivity contribution in [2.75, 3.05) is 0 Å². The normalized spacial score (nSPS) is 11.7. The van der Waals surface area contributed by atoms with Crippen molar-refractivity contribution < 1.29 is 10.2 Å². The summed E-state index contributed by atoms with van der Waals surface area (Å²) in [4.78, 5) is 0. The molecular formula is C11H16O2. The third kappa shape index (κ3) is 3.57. The van der Waals surface area contributed by atoms with Gasteiger partial charge >= 0.3 is 0 Å². The van der Waals surface area contributed by atoms with Crippen LogP contribution in [0.4, 0.5) is 0 Å². The molecule has 2 heteroatoms. The minimum absolute atomic E-state index is 0.0553. The van der Waals surface area contributed by atoms with Crippen molar-refractivity contribution in [3.8, 4) is 0 Å². The molecule has 0 saturated heterocycles. The molecular weight excluding hydrogens is 164 g/mol. The lowest BCUT2D eigenvalue weighted by Gasteiger charge is -2.17. The minimum atomic E-state index is -0.686. The van der Waals surface area contributed by atoms with Crippen LogP contribution in [0.2, 0.25) is 0 Å². The van der Waals surface area contributed by atoms with Gasteiger partial charge in [0.1, 0.15) is 0 Å². The first kappa shape index (κ1) is 10.2. The van der Waals surface area contributed by atoms with Gasteiger partial charge < -0.3 is 10.2 Å². The molecule has 0 amide bonds. The SMILES string of the molecule is CC(C)(O)Cc1cccc(CO)c1. The number of benzene rings is 1. The van der Waals surface area contributed by atoms with Gasteiger partial charge in [0, 0.05) is 6.42 Å². The molecule has 0 aliphatic heterocycles. The zero-order chi connectivity index (χ0) is 9.90. The molecule has 2 N–H and O–H groups in total. The van der Waals surface area contributed by atoms with Crippen molar-refractivity contribution in [3.05, 3.63) is 35.4 Å². The van der Waals surface area contributed by atoms with E-state index in [0.717, 1.165) is 11.1 Å². The number of hydrogen-bond donors (Lipinski definition) is 2. The first-order valence-corrected chi connectivity index (χ1v) is 4.42. The number of aliphatic hydroxyl groups is 2. The van der Waals surface area contributed by atoms with Crippen molar-refractivity contribution in [2.45, 2.75) is 32.5 Å². The highest BCUT2D eigenvalue weighted by Crippen LogP contribution is 2.13. The van der Waals surface area contributed by atoms with E-state index in [9.17, 15) is 5.11 Å². The molecule has 0 radical (unpaired) electrons. The van der Waals surface area contributed by atoms with Crippen molar-refractivity contribution in [1.29, 1.82) is 0 Å². The summed E-state index contributed by atoms with van der Waals surface area (Å²) in [6, 6.07) is 7.63. The molecule has 0 aliphatic rings. The van der Waals surface area contributed by atoms with E-state index in [0.29, 0.717) is 6.42 Å². The lowest BCUT2D eigenvalue weighted by Crippen LogP contribution is -2.21. The lowest BCUT2D eigenvalue weighted by molar-refractivity contribution is 0.0809. The summed E-state index contributed by atoms with van der Waals surface area (Å²) >= 11 is 0. The van der Waals surface area contributed by atoms with Crippen LogP contribution in [-0.2, 0) is 13.0 Å². The molecule has 0 aliphatic carbocycles. The van der Waals surface area contributed by atoms with Crippen LogP contribution in [0.15, 0.2) is 24.3 Å². The molecule has 0 unspecified atom stereocenters. The van der Waals surface area contributed by atoms with Crippen LogP contribution >= 0.6 is 0 Å². The summed E-state index contributed by atoms with van der Waals surface area (Å²) in [5.41, 5.74) is 1.26. The summed E-state index contributed by atoms with van der Waals surface area (Å²) < 4.78 is 0. The first-order valence-electron chi connectivity index (χ1n) is 4.42. The molecule has 0 heterocycles. The van der Waals surface area contributed by atoms with Gasteiger partial charge in [0.15, 0.2) is 0 Å². The van der Waals surface area contributed by atoms with Crippen molar-refractivity contribution in [3.63, 3.8) is 0 Å². The fourth-order valence-electron chi connectivity index (χ4n) is 1.34. The zero-order valence-electron chi connectivity index (χ0n) is 8.12. The predicted molar refractivity (Wildman–Crippen MR) is 52.4 cm³/mol. The smallest absolute Gasteiger partial charge is 0.0681 e. The highest BCUT2D eigenvalue weighted by Gasteiger charge is 2.13. The van der Waals surface area contributed by atoms with Gasteiger partial charge in [0.25, 0.3) is 0 Å². The third-order valence-corrected chi connectivity index (χ3v) is 1.81. The molecule has 1 rings (SSSR count). The fraction of sp³-hybridized carbons (Fsp3) is 0.455. The van der Waals surface area contributed by atoms with Crippen molar-refractivity contribution in [2.24, 2.45) is 0 Å². The fourth-order valence-corrected chi connectivity index (χ4v) is 1.34. The molecule has 0 saturated carbocycles. The van der Waals surface area contributed by atoms with Crippen LogP contribution < -0.4 is 0 Å². The quantitative estimate of drug-likeness (QED) is 0.740. The van der Waals surface area contributed by atoms with Gasteiger partial charge in [-0.05, 0) is 25.0 Å². The molecule has 2 nitrogen and oxygen atoms in total. The van der Waals surface area contributed by atoms with E-state index in [2.05, 4.69) is 0 Å². The highest BCUT2D eigenvalue weighted by atomic mass is 16.3. The maximum atomic E-state index is 9.57. The monoisotopic (exact) mass is 180 g/mol. The van der Waals surface area contributed by atoms with E-state index in [1.54, 1.807) is 13.8 Å². The summed E-state index contributed by atoms with van der Waals surface area (Å²) in [6.45, 7) is 3.61. The number of rotatable bonds is 3. The first-order chi connectivity index (χ1) is 6.01. The van der Waals surface area contributed by atoms with Crippen LogP contribution in [0.3, 0.4) is 0 Å². The van der Waals surface area contributed by atoms with Gasteiger partial charge in [0.2, 0.25) is 0 Å². The Morgan fingerprint density at radius 1 is 1.23 bits per heavy atom. The van der Waals surface area contributed by atoms with E-state index in [1.165, 1.54) is 0 Å². The Morgan fingerprint density at radius 3 is 2.38 bits per heavy atom. The predicted octanol–water partition coefficient (Wildman–Crippen LogP) is 1.49. The average molecular weight is 180 g/mol. The van der Waals surface area contributed by atoms with Gasteiger partial charge in [-0.3, -0.25) is 0 Å². The molecule has 0 bridgehead atoms. The molecule has 13 heavy (non-hydrogen) atoms. The topological polar surface area (TPSA) is 40.5 Å². The van der Waals surface area contributed by atoms with Gasteiger partial charge in [-0.1, -0.05) is 24.3 Å². The minimum Gasteiger partial charge on any atom is -0.392 e. The van der Waals surface area contributed by atoms with E-state index in [1.807, 2.05) is 24.3 Å². The van der Waals surface area contributed by atoms with Crippen LogP contribution in [0.25, 0.3) is 0 Å². The van der Waals surface area contributed by atoms with E-state index in [-0.39, 0.29) is 6.61 Å². The Hall–Kier alpha value is -0.860. The van der Waals surface area contributed by atoms with Crippen LogP contribution in [0, 0.1) is 0 Å². The second-order valence-electron chi connectivity index (χ2n) is 3.97. The summed E-state index contributed by atoms with van der Waals surface area (Å²) in [7, 11) is 0. The second kappa shape index (κ2) is 3.90. The zero-order valence-corrected chi connectivity index (χ0v) is 8.12.